The number of rotatable bonds is 1. The van der Waals surface area contributed by atoms with Gasteiger partial charge < -0.3 is 0 Å². The largest absolute Gasteiger partial charge is 0.307 e. The first kappa shape index (κ1) is 14.7. The van der Waals surface area contributed by atoms with Gasteiger partial charge in [-0.1, -0.05) is 6.92 Å². The van der Waals surface area contributed by atoms with Crippen molar-refractivity contribution in [2.24, 2.45) is 0 Å². The van der Waals surface area contributed by atoms with Crippen LogP contribution in [0, 0.1) is 5.41 Å². The van der Waals surface area contributed by atoms with E-state index in [0.717, 1.165) is 0 Å². The summed E-state index contributed by atoms with van der Waals surface area (Å²) in [5.41, 5.74) is 0. The number of carbonyl (C=O) groups excluding carboxylic acids is 2. The van der Waals surface area contributed by atoms with Crippen LogP contribution in [0.15, 0.2) is 0 Å². The molecule has 9 heteroatoms. The Morgan fingerprint density at radius 2 is 1.75 bits per heavy atom. The number of hydrogen-bond acceptors (Lipinski definition) is 6. The van der Waals surface area contributed by atoms with Gasteiger partial charge in [-0.3, -0.25) is 24.8 Å². The van der Waals surface area contributed by atoms with E-state index in [4.69, 9.17) is 15.2 Å². The molecular formula is C7H12N2O6S. The van der Waals surface area contributed by atoms with Crippen LogP contribution in [0.5, 0.6) is 0 Å². The molecule has 3 N–H and O–H groups in total. The molecule has 0 bridgehead atoms. The third-order valence-corrected chi connectivity index (χ3v) is 2.57. The normalized spacial score (nSPS) is 15.8. The van der Waals surface area contributed by atoms with Crippen LogP contribution in [0.2, 0.25) is 0 Å². The van der Waals surface area contributed by atoms with E-state index in [2.05, 4.69) is 0 Å². The molecule has 0 aromatic heterocycles. The van der Waals surface area contributed by atoms with Crippen LogP contribution < -0.4 is 0 Å². The summed E-state index contributed by atoms with van der Waals surface area (Å²) in [6, 6.07) is 0. The fraction of sp³-hybridized carbons (Fsp3) is 0.571. The van der Waals surface area contributed by atoms with Crippen LogP contribution in [-0.4, -0.2) is 40.1 Å². The van der Waals surface area contributed by atoms with Crippen molar-refractivity contribution in [2.45, 2.75) is 26.2 Å². The second-order valence-electron chi connectivity index (χ2n) is 2.85. The van der Waals surface area contributed by atoms with E-state index in [1.165, 1.54) is 6.92 Å². The maximum Gasteiger partial charge on any atom is 0.307 e. The number of nitrogens with zero attached hydrogens (tertiary/aromatic N) is 1. The third-order valence-electron chi connectivity index (χ3n) is 1.66. The second-order valence-corrected chi connectivity index (χ2v) is 4.29. The summed E-state index contributed by atoms with van der Waals surface area (Å²) in [4.78, 5) is 20.5. The summed E-state index contributed by atoms with van der Waals surface area (Å²) in [7, 11) is -4.17. The molecule has 8 nitrogen and oxygen atoms in total. The molecule has 0 radical (unpaired) electrons. The summed E-state index contributed by atoms with van der Waals surface area (Å²) in [5, 5.41) is 14.5. The monoisotopic (exact) mass is 252 g/mol. The van der Waals surface area contributed by atoms with Gasteiger partial charge in [0, 0.05) is 12.8 Å². The lowest BCUT2D eigenvalue weighted by Crippen LogP contribution is -2.24. The van der Waals surface area contributed by atoms with Crippen LogP contribution in [0.4, 0.5) is 0 Å². The third kappa shape index (κ3) is 4.47. The Labute approximate surface area is 92.1 Å². The molecule has 0 atom stereocenters. The Bertz CT molecular complexity index is 385. The predicted molar refractivity (Wildman–Crippen MR) is 52.4 cm³/mol. The van der Waals surface area contributed by atoms with Crippen molar-refractivity contribution in [3.8, 4) is 0 Å². The highest BCUT2D eigenvalue weighted by atomic mass is 32.2. The van der Waals surface area contributed by atoms with Crippen molar-refractivity contribution < 1.29 is 27.8 Å². The first-order valence-electron chi connectivity index (χ1n) is 4.29. The fourth-order valence-electron chi connectivity index (χ4n) is 0.747. The van der Waals surface area contributed by atoms with Crippen molar-refractivity contribution in [1.29, 1.82) is 5.41 Å². The summed E-state index contributed by atoms with van der Waals surface area (Å²) in [5.74, 6) is -1.01. The number of hydrogen-bond donors (Lipinski definition) is 3. The van der Waals surface area contributed by atoms with Gasteiger partial charge >= 0.3 is 10.1 Å². The topological polar surface area (TPSA) is 136 Å². The van der Waals surface area contributed by atoms with E-state index in [0.29, 0.717) is 0 Å². The Hall–Kier alpha value is -1.32. The molecule has 0 aliphatic carbocycles. The maximum absolute atomic E-state index is 10.2. The lowest BCUT2D eigenvalue weighted by atomic mass is 10.4. The fourth-order valence-corrected chi connectivity index (χ4v) is 1.11. The average Bonchev–Trinajstić information content (AvgIpc) is 2.48. The number of amides is 2. The number of hydroxylamine groups is 2. The molecule has 2 amide bonds. The molecular weight excluding hydrogens is 240 g/mol. The van der Waals surface area contributed by atoms with Gasteiger partial charge in [0.1, 0.15) is 0 Å². The van der Waals surface area contributed by atoms with Crippen LogP contribution in [0.25, 0.3) is 0 Å². The van der Waals surface area contributed by atoms with Gasteiger partial charge in [-0.25, -0.2) is 0 Å². The first-order valence-corrected chi connectivity index (χ1v) is 5.73. The highest BCUT2D eigenvalue weighted by molar-refractivity contribution is 8.01. The molecule has 1 aliphatic heterocycles. The van der Waals surface area contributed by atoms with Gasteiger partial charge in [-0.15, -0.1) is 0 Å². The lowest BCUT2D eigenvalue weighted by molar-refractivity contribution is -0.171. The first-order chi connectivity index (χ1) is 7.20. The predicted octanol–water partition coefficient (Wildman–Crippen LogP) is -0.214. The number of carbonyl (C=O) groups is 2. The van der Waals surface area contributed by atoms with Crippen LogP contribution in [0.3, 0.4) is 0 Å². The lowest BCUT2D eigenvalue weighted by Gasteiger charge is -1.98. The quantitative estimate of drug-likeness (QED) is 0.194. The molecule has 1 rings (SSSR count). The number of imide groups is 1. The Morgan fingerprint density at radius 1 is 1.38 bits per heavy atom. The van der Waals surface area contributed by atoms with Gasteiger partial charge in [-0.05, 0) is 6.42 Å². The zero-order valence-electron chi connectivity index (χ0n) is 8.50. The summed E-state index contributed by atoms with van der Waals surface area (Å²) in [6.07, 6.45) is 0.337. The second kappa shape index (κ2) is 5.68. The molecule has 16 heavy (non-hydrogen) atoms. The van der Waals surface area contributed by atoms with E-state index in [1.807, 2.05) is 0 Å². The van der Waals surface area contributed by atoms with Crippen LogP contribution in [-0.2, 0) is 19.7 Å². The molecule has 0 spiro atoms. The van der Waals surface area contributed by atoms with Gasteiger partial charge in [0.15, 0.2) is 5.04 Å². The minimum atomic E-state index is -4.17. The molecule has 0 unspecified atom stereocenters. The van der Waals surface area contributed by atoms with Crippen molar-refractivity contribution >= 4 is 27.0 Å². The smallest absolute Gasteiger partial charge is 0.292 e. The zero-order chi connectivity index (χ0) is 12.9. The van der Waals surface area contributed by atoms with Gasteiger partial charge in [0.05, 0.1) is 0 Å². The van der Waals surface area contributed by atoms with E-state index >= 15 is 0 Å². The summed E-state index contributed by atoms with van der Waals surface area (Å²) < 4.78 is 27.8. The van der Waals surface area contributed by atoms with Crippen LogP contribution in [0.1, 0.15) is 26.2 Å². The molecule has 0 aromatic carbocycles. The number of nitrogens with one attached hydrogen (secondary N) is 1. The van der Waals surface area contributed by atoms with Gasteiger partial charge in [-0.2, -0.15) is 13.5 Å². The molecule has 1 heterocycles. The van der Waals surface area contributed by atoms with E-state index in [9.17, 15) is 18.0 Å². The molecule has 1 saturated heterocycles. The Balaban J connectivity index is 0.000000281. The highest BCUT2D eigenvalue weighted by Gasteiger charge is 2.26. The SMILES string of the molecule is CCC(=N)S(=O)(=O)O.O=C1CCC(=O)N1O. The summed E-state index contributed by atoms with van der Waals surface area (Å²) >= 11 is 0. The van der Waals surface area contributed by atoms with Gasteiger partial charge in [0.25, 0.3) is 11.8 Å². The molecule has 0 aromatic rings. The molecule has 92 valence electrons. The Kier molecular flexibility index (Phi) is 5.21. The molecule has 1 fully saturated rings. The van der Waals surface area contributed by atoms with Gasteiger partial charge in [0.2, 0.25) is 0 Å². The minimum Gasteiger partial charge on any atom is -0.292 e. The standard InChI is InChI=1S/C4H5NO3.C3H7NO3S/c6-3-1-2-4(7)5(3)8;1-2-3(4)8(5,6)7/h8H,1-2H2;4H,2H2,1H3,(H,5,6,7). The average molecular weight is 252 g/mol. The Morgan fingerprint density at radius 3 is 1.81 bits per heavy atom. The van der Waals surface area contributed by atoms with Crippen molar-refractivity contribution in [3.63, 3.8) is 0 Å². The van der Waals surface area contributed by atoms with Crippen molar-refractivity contribution in [1.82, 2.24) is 5.06 Å². The molecule has 0 saturated carbocycles. The maximum atomic E-state index is 10.2. The van der Waals surface area contributed by atoms with E-state index < -0.39 is 27.0 Å². The molecule has 1 aliphatic rings. The zero-order valence-corrected chi connectivity index (χ0v) is 9.32. The van der Waals surface area contributed by atoms with Crippen LogP contribution >= 0.6 is 0 Å². The van der Waals surface area contributed by atoms with Crippen molar-refractivity contribution in [2.75, 3.05) is 0 Å². The highest BCUT2D eigenvalue weighted by Crippen LogP contribution is 2.07. The minimum absolute atomic E-state index is 0.0405. The van der Waals surface area contributed by atoms with E-state index in [1.54, 1.807) is 0 Å². The summed E-state index contributed by atoms with van der Waals surface area (Å²) in [6.45, 7) is 1.48. The van der Waals surface area contributed by atoms with E-state index in [-0.39, 0.29) is 24.3 Å². The van der Waals surface area contributed by atoms with Crippen molar-refractivity contribution in [3.05, 3.63) is 0 Å².